The number of amides is 1. The molecule has 49 heavy (non-hydrogen) atoms. The summed E-state index contributed by atoms with van der Waals surface area (Å²) in [6.07, 6.45) is 2.62. The number of carbonyl (C=O) groups excluding carboxylic acids is 2. The van der Waals surface area contributed by atoms with Gasteiger partial charge >= 0.3 is 11.7 Å². The molecular weight excluding hydrogens is 660 g/mol. The van der Waals surface area contributed by atoms with Gasteiger partial charge < -0.3 is 19.4 Å². The average Bonchev–Trinajstić information content (AvgIpc) is 3.47. The molecule has 14 heteroatoms. The third-order valence-electron chi connectivity index (χ3n) is 9.26. The molecule has 6 rings (SSSR count). The Kier molecular flexibility index (Phi) is 9.16. The summed E-state index contributed by atoms with van der Waals surface area (Å²) in [7, 11) is 4.16. The van der Waals surface area contributed by atoms with Gasteiger partial charge in [0.1, 0.15) is 17.2 Å². The zero-order chi connectivity index (χ0) is 35.3. The van der Waals surface area contributed by atoms with E-state index in [1.54, 1.807) is 6.92 Å². The van der Waals surface area contributed by atoms with Gasteiger partial charge in [-0.15, -0.1) is 0 Å². The van der Waals surface area contributed by atoms with E-state index in [4.69, 9.17) is 26.1 Å². The minimum absolute atomic E-state index is 0.00655. The van der Waals surface area contributed by atoms with Crippen molar-refractivity contribution < 1.29 is 27.8 Å². The maximum atomic E-state index is 15.6. The summed E-state index contributed by atoms with van der Waals surface area (Å²) in [4.78, 5) is 57.0. The van der Waals surface area contributed by atoms with Crippen LogP contribution >= 0.6 is 11.6 Å². The van der Waals surface area contributed by atoms with Crippen LogP contribution in [0.2, 0.25) is 5.02 Å². The molecule has 4 aromatic rings. The van der Waals surface area contributed by atoms with E-state index < -0.39 is 28.8 Å². The van der Waals surface area contributed by atoms with Crippen molar-refractivity contribution in [2.45, 2.75) is 32.7 Å². The summed E-state index contributed by atoms with van der Waals surface area (Å²) in [5.74, 6) is -2.41. The van der Waals surface area contributed by atoms with Crippen LogP contribution in [-0.4, -0.2) is 57.7 Å². The van der Waals surface area contributed by atoms with Crippen molar-refractivity contribution in [2.75, 3.05) is 32.1 Å². The number of fused-ring (bicyclic) bond motifs is 1. The number of nitrogens with zero attached hydrogens (tertiary/aromatic N) is 4. The maximum Gasteiger partial charge on any atom is 0.330 e. The van der Waals surface area contributed by atoms with Crippen LogP contribution < -0.4 is 21.3 Å². The molecule has 3 heterocycles. The Morgan fingerprint density at radius 3 is 2.47 bits per heavy atom. The number of carbonyl (C=O) groups is 2. The Morgan fingerprint density at radius 2 is 1.78 bits per heavy atom. The number of rotatable bonds is 8. The minimum atomic E-state index is -0.834. The molecule has 0 saturated carbocycles. The van der Waals surface area contributed by atoms with Crippen molar-refractivity contribution in [1.82, 2.24) is 19.0 Å². The fourth-order valence-corrected chi connectivity index (χ4v) is 7.02. The number of methoxy groups -OCH3 is 1. The molecule has 1 unspecified atom stereocenters. The third-order valence-corrected chi connectivity index (χ3v) is 9.66. The van der Waals surface area contributed by atoms with Gasteiger partial charge in [-0.2, -0.15) is 0 Å². The zero-order valence-corrected chi connectivity index (χ0v) is 28.3. The van der Waals surface area contributed by atoms with Crippen LogP contribution in [-0.2, 0) is 30.0 Å². The molecule has 0 bridgehead atoms. The monoisotopic (exact) mass is 693 g/mol. The molecule has 2 aromatic carbocycles. The Balaban J connectivity index is 1.35. The van der Waals surface area contributed by atoms with Crippen LogP contribution in [0.1, 0.15) is 46.4 Å². The van der Waals surface area contributed by atoms with Crippen LogP contribution in [0.15, 0.2) is 46.1 Å². The van der Waals surface area contributed by atoms with Gasteiger partial charge in [0.05, 0.1) is 30.4 Å². The Bertz CT molecular complexity index is 2140. The van der Waals surface area contributed by atoms with Gasteiger partial charge in [-0.3, -0.25) is 23.9 Å². The Morgan fingerprint density at radius 1 is 1.08 bits per heavy atom. The Hall–Kier alpha value is -4.88. The van der Waals surface area contributed by atoms with Gasteiger partial charge in [0.25, 0.3) is 11.5 Å². The summed E-state index contributed by atoms with van der Waals surface area (Å²) in [5, 5.41) is 2.49. The predicted molar refractivity (Wildman–Crippen MR) is 179 cm³/mol. The molecule has 1 amide bonds. The number of esters is 1. The molecule has 1 saturated heterocycles. The first-order valence-corrected chi connectivity index (χ1v) is 16.1. The lowest BCUT2D eigenvalue weighted by Gasteiger charge is -2.42. The van der Waals surface area contributed by atoms with Gasteiger partial charge in [0, 0.05) is 67.4 Å². The van der Waals surface area contributed by atoms with Gasteiger partial charge in [-0.1, -0.05) is 11.6 Å². The quantitative estimate of drug-likeness (QED) is 0.261. The van der Waals surface area contributed by atoms with Crippen LogP contribution in [0.25, 0.3) is 22.4 Å². The molecule has 11 nitrogen and oxygen atoms in total. The average molecular weight is 694 g/mol. The molecule has 1 aliphatic heterocycles. The summed E-state index contributed by atoms with van der Waals surface area (Å²) in [6, 6.07) is 6.89. The number of pyridine rings is 1. The van der Waals surface area contributed by atoms with Crippen molar-refractivity contribution in [1.29, 1.82) is 0 Å². The second kappa shape index (κ2) is 13.2. The van der Waals surface area contributed by atoms with Crippen molar-refractivity contribution >= 4 is 29.2 Å². The normalized spacial score (nSPS) is 15.9. The van der Waals surface area contributed by atoms with E-state index in [0.29, 0.717) is 43.3 Å². The molecule has 0 spiro atoms. The van der Waals surface area contributed by atoms with E-state index in [2.05, 4.69) is 10.2 Å². The van der Waals surface area contributed by atoms with Gasteiger partial charge in [-0.05, 0) is 68.1 Å². The zero-order valence-electron chi connectivity index (χ0n) is 27.5. The van der Waals surface area contributed by atoms with E-state index >= 15 is 8.78 Å². The fourth-order valence-electron chi connectivity index (χ4n) is 6.67. The van der Waals surface area contributed by atoms with E-state index in [0.717, 1.165) is 38.9 Å². The largest absolute Gasteiger partial charge is 0.481 e. The predicted octanol–water partition coefficient (Wildman–Crippen LogP) is 4.80. The molecule has 1 N–H and O–H groups in total. The van der Waals surface area contributed by atoms with Crippen LogP contribution in [0.4, 0.5) is 14.5 Å². The number of benzene rings is 2. The topological polar surface area (TPSA) is 125 Å². The highest BCUT2D eigenvalue weighted by Crippen LogP contribution is 2.47. The molecule has 1 fully saturated rings. The first kappa shape index (κ1) is 34.0. The lowest BCUT2D eigenvalue weighted by molar-refractivity contribution is -0.155. The van der Waals surface area contributed by atoms with Crippen LogP contribution in [0, 0.1) is 24.5 Å². The highest BCUT2D eigenvalue weighted by Gasteiger charge is 2.42. The highest BCUT2D eigenvalue weighted by molar-refractivity contribution is 6.36. The maximum absolute atomic E-state index is 15.6. The lowest BCUT2D eigenvalue weighted by Crippen LogP contribution is -2.51. The van der Waals surface area contributed by atoms with Crippen LogP contribution in [0.5, 0.6) is 5.88 Å². The van der Waals surface area contributed by atoms with E-state index in [1.165, 1.54) is 46.3 Å². The number of ether oxygens (including phenoxy) is 2. The molecule has 2 aliphatic rings. The lowest BCUT2D eigenvalue weighted by atomic mass is 9.94. The molecule has 2 aromatic heterocycles. The summed E-state index contributed by atoms with van der Waals surface area (Å²) in [6.45, 7) is 4.77. The standard InChI is InChI=1S/C35H34ClF2N5O6/c1-6-49-34(46)19-14-43(15-19)26-12-7-18-13-25(40-32(48-5)28(18)26)20-8-9-23(38)29(30(20)36)27-17(2)24(11-10-22(27)37)39-31(44)21-16-41(3)35(47)42(4)33(21)45/h8-11,13,16,19,26H,6-7,12,14-15H2,1-5H3,(H,39,44). The number of hydrogen-bond acceptors (Lipinski definition) is 8. The molecule has 1 aliphatic carbocycles. The second-order valence-corrected chi connectivity index (χ2v) is 12.6. The molecule has 0 radical (unpaired) electrons. The summed E-state index contributed by atoms with van der Waals surface area (Å²) >= 11 is 6.88. The number of anilines is 1. The number of hydrogen-bond donors (Lipinski definition) is 1. The third kappa shape index (κ3) is 5.90. The van der Waals surface area contributed by atoms with E-state index in [9.17, 15) is 19.2 Å². The van der Waals surface area contributed by atoms with E-state index in [-0.39, 0.29) is 50.9 Å². The number of nitrogens with one attached hydrogen (secondary N) is 1. The van der Waals surface area contributed by atoms with Gasteiger partial charge in [0.2, 0.25) is 5.88 Å². The van der Waals surface area contributed by atoms with Crippen molar-refractivity contribution in [3.8, 4) is 28.3 Å². The number of likely N-dealkylation sites (tertiary alicyclic amines) is 1. The molecular formula is C35H34ClF2N5O6. The number of halogens is 3. The first-order valence-electron chi connectivity index (χ1n) is 15.7. The summed E-state index contributed by atoms with van der Waals surface area (Å²) in [5.41, 5.74) is 0.774. The van der Waals surface area contributed by atoms with Crippen molar-refractivity contribution in [3.05, 3.63) is 96.3 Å². The Labute approximate surface area is 285 Å². The second-order valence-electron chi connectivity index (χ2n) is 12.2. The van der Waals surface area contributed by atoms with Crippen molar-refractivity contribution in [2.24, 2.45) is 20.0 Å². The van der Waals surface area contributed by atoms with Crippen LogP contribution in [0.3, 0.4) is 0 Å². The van der Waals surface area contributed by atoms with Crippen molar-refractivity contribution in [3.63, 3.8) is 0 Å². The first-order chi connectivity index (χ1) is 23.4. The van der Waals surface area contributed by atoms with Gasteiger partial charge in [0.15, 0.2) is 0 Å². The molecule has 1 atom stereocenters. The number of aromatic nitrogens is 3. The highest BCUT2D eigenvalue weighted by atomic mass is 35.5. The fraction of sp³-hybridized carbons (Fsp3) is 0.343. The SMILES string of the molecule is CCOC(=O)C1CN(C2CCc3cc(-c4ccc(F)c(-c5c(F)ccc(NC(=O)c6cn(C)c(=O)n(C)c6=O)c5C)c4Cl)nc(OC)c32)C1. The summed E-state index contributed by atoms with van der Waals surface area (Å²) < 4.78 is 44.0. The smallest absolute Gasteiger partial charge is 0.330 e. The number of aryl methyl sites for hydroxylation is 2. The molecule has 256 valence electrons. The van der Waals surface area contributed by atoms with Gasteiger partial charge in [-0.25, -0.2) is 18.6 Å². The van der Waals surface area contributed by atoms with E-state index in [1.807, 2.05) is 6.07 Å². The minimum Gasteiger partial charge on any atom is -0.481 e.